The molecule has 0 heterocycles. The van der Waals surface area contributed by atoms with Gasteiger partial charge in [-0.15, -0.1) is 12.4 Å². The molecule has 0 aliphatic carbocycles. The number of hydrogen-bond acceptors (Lipinski definition) is 2. The van der Waals surface area contributed by atoms with E-state index in [0.29, 0.717) is 5.92 Å². The Kier molecular flexibility index (Phi) is 6.82. The minimum atomic E-state index is -0.323. The molecule has 1 unspecified atom stereocenters. The summed E-state index contributed by atoms with van der Waals surface area (Å²) in [7, 11) is 0. The molecule has 4 N–H and O–H groups in total. The van der Waals surface area contributed by atoms with Crippen molar-refractivity contribution < 1.29 is 4.79 Å². The van der Waals surface area contributed by atoms with Gasteiger partial charge < -0.3 is 11.5 Å². The number of carbonyl (C=O) groups is 1. The van der Waals surface area contributed by atoms with E-state index in [2.05, 4.69) is 0 Å². The van der Waals surface area contributed by atoms with Crippen molar-refractivity contribution in [1.82, 2.24) is 0 Å². The first-order valence-corrected chi connectivity index (χ1v) is 3.08. The highest BCUT2D eigenvalue weighted by Crippen LogP contribution is 2.00. The molecule has 1 atom stereocenters. The van der Waals surface area contributed by atoms with Gasteiger partial charge in [0.1, 0.15) is 0 Å². The monoisotopic (exact) mass is 166 g/mol. The standard InChI is InChI=1S/C6H14N2O.ClH/c1-4(2)5(7)3-6(8)9;/h4-5H,3,7H2,1-2H3,(H2,8,9);1H. The fourth-order valence-electron chi connectivity index (χ4n) is 0.468. The molecule has 0 radical (unpaired) electrons. The number of nitrogens with two attached hydrogens (primary N) is 2. The molecular weight excluding hydrogens is 152 g/mol. The molecule has 0 rings (SSSR count). The van der Waals surface area contributed by atoms with E-state index in [1.165, 1.54) is 0 Å². The lowest BCUT2D eigenvalue weighted by atomic mass is 10.0. The van der Waals surface area contributed by atoms with Gasteiger partial charge in [0.2, 0.25) is 5.91 Å². The van der Waals surface area contributed by atoms with E-state index in [1.54, 1.807) is 0 Å². The fraction of sp³-hybridized carbons (Fsp3) is 0.833. The van der Waals surface area contributed by atoms with Gasteiger partial charge in [-0.3, -0.25) is 4.79 Å². The number of carbonyl (C=O) groups excluding carboxylic acids is 1. The van der Waals surface area contributed by atoms with Crippen LogP contribution in [0.2, 0.25) is 0 Å². The Bertz CT molecular complexity index is 106. The molecule has 4 heteroatoms. The molecule has 3 nitrogen and oxygen atoms in total. The molecule has 0 bridgehead atoms. The van der Waals surface area contributed by atoms with Gasteiger partial charge >= 0.3 is 0 Å². The van der Waals surface area contributed by atoms with Crippen LogP contribution in [0.5, 0.6) is 0 Å². The van der Waals surface area contributed by atoms with Gasteiger partial charge in [-0.25, -0.2) is 0 Å². The second kappa shape index (κ2) is 5.50. The van der Waals surface area contributed by atoms with Crippen molar-refractivity contribution in [3.63, 3.8) is 0 Å². The number of amides is 1. The predicted octanol–water partition coefficient (Wildman–Crippen LogP) is 0.267. The summed E-state index contributed by atoms with van der Waals surface area (Å²) in [6.07, 6.45) is 0.289. The average molecular weight is 167 g/mol. The Hall–Kier alpha value is -0.280. The summed E-state index contributed by atoms with van der Waals surface area (Å²) in [6.45, 7) is 3.93. The van der Waals surface area contributed by atoms with Gasteiger partial charge in [-0.2, -0.15) is 0 Å². The van der Waals surface area contributed by atoms with Crippen LogP contribution in [0.1, 0.15) is 20.3 Å². The zero-order valence-electron chi connectivity index (χ0n) is 6.33. The molecule has 0 fully saturated rings. The van der Waals surface area contributed by atoms with E-state index < -0.39 is 0 Å². The molecule has 0 saturated carbocycles. The van der Waals surface area contributed by atoms with Crippen LogP contribution in [-0.4, -0.2) is 11.9 Å². The molecule has 0 aliphatic heterocycles. The quantitative estimate of drug-likeness (QED) is 0.632. The van der Waals surface area contributed by atoms with Crippen LogP contribution in [-0.2, 0) is 4.79 Å². The third kappa shape index (κ3) is 5.85. The SMILES string of the molecule is CC(C)C(N)CC(N)=O.Cl. The van der Waals surface area contributed by atoms with Crippen molar-refractivity contribution in [3.8, 4) is 0 Å². The summed E-state index contributed by atoms with van der Waals surface area (Å²) in [4.78, 5) is 10.3. The van der Waals surface area contributed by atoms with E-state index in [-0.39, 0.29) is 30.8 Å². The lowest BCUT2D eigenvalue weighted by Gasteiger charge is -2.12. The minimum Gasteiger partial charge on any atom is -0.370 e. The molecule has 0 saturated heterocycles. The van der Waals surface area contributed by atoms with E-state index in [9.17, 15) is 4.79 Å². The van der Waals surface area contributed by atoms with Crippen molar-refractivity contribution in [1.29, 1.82) is 0 Å². The Morgan fingerprint density at radius 1 is 1.50 bits per heavy atom. The summed E-state index contributed by atoms with van der Waals surface area (Å²) in [5, 5.41) is 0. The highest BCUT2D eigenvalue weighted by atomic mass is 35.5. The summed E-state index contributed by atoms with van der Waals surface area (Å²) in [6, 6.07) is -0.0810. The Morgan fingerprint density at radius 3 is 2.00 bits per heavy atom. The highest BCUT2D eigenvalue weighted by Gasteiger charge is 2.09. The second-order valence-corrected chi connectivity index (χ2v) is 2.58. The molecule has 10 heavy (non-hydrogen) atoms. The molecule has 0 aliphatic rings. The predicted molar refractivity (Wildman–Crippen MR) is 43.9 cm³/mol. The molecule has 1 amide bonds. The Balaban J connectivity index is 0. The van der Waals surface area contributed by atoms with E-state index in [0.717, 1.165) is 0 Å². The number of primary amides is 1. The summed E-state index contributed by atoms with van der Waals surface area (Å²) >= 11 is 0. The molecule has 0 aromatic rings. The second-order valence-electron chi connectivity index (χ2n) is 2.58. The van der Waals surface area contributed by atoms with Gasteiger partial charge in [-0.1, -0.05) is 13.8 Å². The van der Waals surface area contributed by atoms with E-state index >= 15 is 0 Å². The molecule has 0 aromatic heterocycles. The van der Waals surface area contributed by atoms with E-state index in [4.69, 9.17) is 11.5 Å². The normalized spacial score (nSPS) is 12.4. The van der Waals surface area contributed by atoms with Gasteiger partial charge in [0.25, 0.3) is 0 Å². The van der Waals surface area contributed by atoms with Crippen LogP contribution in [0.15, 0.2) is 0 Å². The maximum atomic E-state index is 10.3. The minimum absolute atomic E-state index is 0. The Labute approximate surface area is 67.6 Å². The van der Waals surface area contributed by atoms with Crippen LogP contribution >= 0.6 is 12.4 Å². The lowest BCUT2D eigenvalue weighted by molar-refractivity contribution is -0.118. The smallest absolute Gasteiger partial charge is 0.218 e. The maximum absolute atomic E-state index is 10.3. The van der Waals surface area contributed by atoms with Gasteiger partial charge in [0, 0.05) is 12.5 Å². The van der Waals surface area contributed by atoms with Crippen LogP contribution in [0.3, 0.4) is 0 Å². The summed E-state index contributed by atoms with van der Waals surface area (Å²) in [5.74, 6) is 0.00806. The number of halogens is 1. The van der Waals surface area contributed by atoms with Crippen molar-refractivity contribution in [2.45, 2.75) is 26.3 Å². The molecule has 62 valence electrons. The van der Waals surface area contributed by atoms with Gasteiger partial charge in [-0.05, 0) is 5.92 Å². The fourth-order valence-corrected chi connectivity index (χ4v) is 0.468. The summed E-state index contributed by atoms with van der Waals surface area (Å²) in [5.41, 5.74) is 10.4. The van der Waals surface area contributed by atoms with Crippen molar-refractivity contribution in [2.75, 3.05) is 0 Å². The number of rotatable bonds is 3. The van der Waals surface area contributed by atoms with Crippen LogP contribution < -0.4 is 11.5 Å². The highest BCUT2D eigenvalue weighted by molar-refractivity contribution is 5.85. The largest absolute Gasteiger partial charge is 0.370 e. The van der Waals surface area contributed by atoms with Crippen LogP contribution in [0, 0.1) is 5.92 Å². The molecular formula is C6H15ClN2O. The zero-order chi connectivity index (χ0) is 7.44. The average Bonchev–Trinajstić information content (AvgIpc) is 1.63. The van der Waals surface area contributed by atoms with E-state index in [1.807, 2.05) is 13.8 Å². The first-order chi connectivity index (χ1) is 4.04. The van der Waals surface area contributed by atoms with Crippen LogP contribution in [0.25, 0.3) is 0 Å². The van der Waals surface area contributed by atoms with Crippen molar-refractivity contribution >= 4 is 18.3 Å². The first-order valence-electron chi connectivity index (χ1n) is 3.08. The van der Waals surface area contributed by atoms with Gasteiger partial charge in [0.05, 0.1) is 0 Å². The Morgan fingerprint density at radius 2 is 1.90 bits per heavy atom. The third-order valence-corrected chi connectivity index (χ3v) is 1.29. The third-order valence-electron chi connectivity index (χ3n) is 1.29. The van der Waals surface area contributed by atoms with Crippen LogP contribution in [0.4, 0.5) is 0 Å². The zero-order valence-corrected chi connectivity index (χ0v) is 7.15. The topological polar surface area (TPSA) is 69.1 Å². The summed E-state index contributed by atoms with van der Waals surface area (Å²) < 4.78 is 0. The molecule has 0 aromatic carbocycles. The first kappa shape index (κ1) is 12.4. The van der Waals surface area contributed by atoms with Crippen molar-refractivity contribution in [2.24, 2.45) is 17.4 Å². The lowest BCUT2D eigenvalue weighted by Crippen LogP contribution is -2.31. The maximum Gasteiger partial charge on any atom is 0.218 e. The molecule has 0 spiro atoms. The van der Waals surface area contributed by atoms with Crippen molar-refractivity contribution in [3.05, 3.63) is 0 Å². The van der Waals surface area contributed by atoms with Gasteiger partial charge in [0.15, 0.2) is 0 Å². The number of hydrogen-bond donors (Lipinski definition) is 2.